The summed E-state index contributed by atoms with van der Waals surface area (Å²) in [6.07, 6.45) is -0.746. The molecule has 0 saturated heterocycles. The van der Waals surface area contributed by atoms with Crippen LogP contribution in [-0.4, -0.2) is 27.6 Å². The monoisotopic (exact) mass is 177 g/mol. The van der Waals surface area contributed by atoms with Crippen molar-refractivity contribution in [3.05, 3.63) is 0 Å². The average Bonchev–Trinajstić information content (AvgIpc) is 1.78. The Morgan fingerprint density at radius 1 is 1.36 bits per heavy atom. The molecule has 66 valence electrons. The minimum atomic E-state index is -1.46. The van der Waals surface area contributed by atoms with E-state index in [4.69, 9.17) is 10.2 Å². The number of hydrogen-bond donors (Lipinski definition) is 1. The molecule has 0 spiro atoms. The van der Waals surface area contributed by atoms with Crippen molar-refractivity contribution in [3.63, 3.8) is 0 Å². The summed E-state index contributed by atoms with van der Waals surface area (Å²) in [4.78, 5) is 10.1. The molecule has 0 atom stereocenters. The van der Waals surface area contributed by atoms with E-state index in [2.05, 4.69) is 24.4 Å². The van der Waals surface area contributed by atoms with E-state index in [1.165, 1.54) is 0 Å². The summed E-state index contributed by atoms with van der Waals surface area (Å²) in [5.74, 6) is 0. The summed E-state index contributed by atoms with van der Waals surface area (Å²) < 4.78 is 9.86. The Hall–Kier alpha value is -0.553. The van der Waals surface area contributed by atoms with Gasteiger partial charge in [-0.2, -0.15) is 0 Å². The lowest BCUT2D eigenvalue weighted by Gasteiger charge is -2.16. The molecule has 0 radical (unpaired) electrons. The fourth-order valence-corrected chi connectivity index (χ4v) is 1.19. The standard InChI is InChI=1S/C6H15NO3Si/c1-11(2,3)10-5-4-9-6(7)8/h4-5H2,1-3H3,(H2,7,8). The molecule has 0 aromatic heterocycles. The highest BCUT2D eigenvalue weighted by molar-refractivity contribution is 6.69. The quantitative estimate of drug-likeness (QED) is 0.513. The van der Waals surface area contributed by atoms with Crippen LogP contribution < -0.4 is 5.73 Å². The summed E-state index contributed by atoms with van der Waals surface area (Å²) in [5, 5.41) is 0. The second-order valence-electron chi connectivity index (χ2n) is 3.13. The van der Waals surface area contributed by atoms with E-state index >= 15 is 0 Å². The van der Waals surface area contributed by atoms with E-state index in [0.29, 0.717) is 6.61 Å². The second-order valence-corrected chi connectivity index (χ2v) is 7.64. The van der Waals surface area contributed by atoms with Gasteiger partial charge in [0, 0.05) is 0 Å². The van der Waals surface area contributed by atoms with Crippen LogP contribution in [0.25, 0.3) is 0 Å². The summed E-state index contributed by atoms with van der Waals surface area (Å²) >= 11 is 0. The van der Waals surface area contributed by atoms with E-state index in [0.717, 1.165) is 0 Å². The van der Waals surface area contributed by atoms with Crippen LogP contribution in [0, 0.1) is 0 Å². The van der Waals surface area contributed by atoms with Crippen molar-refractivity contribution in [1.29, 1.82) is 0 Å². The normalized spacial score (nSPS) is 11.2. The smallest absolute Gasteiger partial charge is 0.404 e. The Kier molecular flexibility index (Phi) is 4.13. The molecule has 5 heteroatoms. The average molecular weight is 177 g/mol. The van der Waals surface area contributed by atoms with Gasteiger partial charge in [-0.15, -0.1) is 0 Å². The molecule has 1 amide bonds. The molecule has 0 aliphatic rings. The van der Waals surface area contributed by atoms with E-state index in [9.17, 15) is 4.79 Å². The number of hydrogen-bond acceptors (Lipinski definition) is 3. The number of carbonyl (C=O) groups excluding carboxylic acids is 1. The third kappa shape index (κ3) is 9.45. The lowest BCUT2D eigenvalue weighted by atomic mass is 10.8. The van der Waals surface area contributed by atoms with Gasteiger partial charge in [0.2, 0.25) is 0 Å². The van der Waals surface area contributed by atoms with Gasteiger partial charge in [-0.1, -0.05) is 0 Å². The van der Waals surface area contributed by atoms with Crippen molar-refractivity contribution in [2.45, 2.75) is 19.6 Å². The second kappa shape index (κ2) is 4.35. The van der Waals surface area contributed by atoms with Crippen LogP contribution in [0.4, 0.5) is 4.79 Å². The largest absolute Gasteiger partial charge is 0.447 e. The fourth-order valence-electron chi connectivity index (χ4n) is 0.490. The molecule has 11 heavy (non-hydrogen) atoms. The molecule has 0 aromatic rings. The summed E-state index contributed by atoms with van der Waals surface area (Å²) in [7, 11) is -1.46. The van der Waals surface area contributed by atoms with Crippen molar-refractivity contribution >= 4 is 14.4 Å². The van der Waals surface area contributed by atoms with Crippen LogP contribution in [0.1, 0.15) is 0 Å². The number of nitrogens with two attached hydrogens (primary N) is 1. The maximum Gasteiger partial charge on any atom is 0.404 e. The first-order valence-corrected chi connectivity index (χ1v) is 6.89. The van der Waals surface area contributed by atoms with E-state index in [1.54, 1.807) is 0 Å². The highest BCUT2D eigenvalue weighted by atomic mass is 28.4. The molecule has 0 aromatic carbocycles. The van der Waals surface area contributed by atoms with Gasteiger partial charge in [-0.05, 0) is 19.6 Å². The number of ether oxygens (including phenoxy) is 1. The lowest BCUT2D eigenvalue weighted by molar-refractivity contribution is 0.132. The predicted octanol–water partition coefficient (Wildman–Crippen LogP) is 0.933. The molecule has 4 nitrogen and oxygen atoms in total. The van der Waals surface area contributed by atoms with Crippen LogP contribution in [0.2, 0.25) is 19.6 Å². The van der Waals surface area contributed by atoms with Gasteiger partial charge in [0.1, 0.15) is 6.61 Å². The lowest BCUT2D eigenvalue weighted by Crippen LogP contribution is -2.28. The van der Waals surface area contributed by atoms with Crippen molar-refractivity contribution in [2.75, 3.05) is 13.2 Å². The van der Waals surface area contributed by atoms with E-state index < -0.39 is 14.4 Å². The summed E-state index contributed by atoms with van der Waals surface area (Å²) in [5.41, 5.74) is 4.74. The highest BCUT2D eigenvalue weighted by Crippen LogP contribution is 2.01. The SMILES string of the molecule is C[Si](C)(C)OCCOC(N)=O. The summed E-state index contributed by atoms with van der Waals surface area (Å²) in [6, 6.07) is 0. The zero-order chi connectivity index (χ0) is 8.91. The van der Waals surface area contributed by atoms with E-state index in [-0.39, 0.29) is 6.61 Å². The molecular weight excluding hydrogens is 162 g/mol. The van der Waals surface area contributed by atoms with Gasteiger partial charge >= 0.3 is 6.09 Å². The van der Waals surface area contributed by atoms with Crippen molar-refractivity contribution in [3.8, 4) is 0 Å². The molecule has 0 fully saturated rings. The van der Waals surface area contributed by atoms with Crippen LogP contribution in [0.5, 0.6) is 0 Å². The molecule has 2 N–H and O–H groups in total. The molecule has 0 aliphatic carbocycles. The molecule has 0 unspecified atom stereocenters. The molecular formula is C6H15NO3Si. The van der Waals surface area contributed by atoms with Crippen molar-refractivity contribution < 1.29 is 14.0 Å². The van der Waals surface area contributed by atoms with Crippen LogP contribution >= 0.6 is 0 Å². The van der Waals surface area contributed by atoms with Gasteiger partial charge in [-0.3, -0.25) is 0 Å². The number of carbonyl (C=O) groups is 1. The number of primary amides is 1. The Morgan fingerprint density at radius 3 is 2.27 bits per heavy atom. The summed E-state index contributed by atoms with van der Waals surface area (Å²) in [6.45, 7) is 6.89. The topological polar surface area (TPSA) is 61.6 Å². The zero-order valence-electron chi connectivity index (χ0n) is 7.22. The molecule has 0 aliphatic heterocycles. The molecule has 0 heterocycles. The minimum Gasteiger partial charge on any atom is -0.447 e. The third-order valence-corrected chi connectivity index (χ3v) is 1.93. The fraction of sp³-hybridized carbons (Fsp3) is 0.833. The Balaban J connectivity index is 3.22. The van der Waals surface area contributed by atoms with Gasteiger partial charge in [0.05, 0.1) is 6.61 Å². The van der Waals surface area contributed by atoms with Gasteiger partial charge in [0.25, 0.3) is 0 Å². The first kappa shape index (κ1) is 10.4. The predicted molar refractivity (Wildman–Crippen MR) is 44.8 cm³/mol. The van der Waals surface area contributed by atoms with Crippen LogP contribution in [-0.2, 0) is 9.16 Å². The van der Waals surface area contributed by atoms with Crippen molar-refractivity contribution in [2.24, 2.45) is 5.73 Å². The van der Waals surface area contributed by atoms with Gasteiger partial charge in [0.15, 0.2) is 8.32 Å². The van der Waals surface area contributed by atoms with Crippen molar-refractivity contribution in [1.82, 2.24) is 0 Å². The number of amides is 1. The van der Waals surface area contributed by atoms with Gasteiger partial charge in [-0.25, -0.2) is 4.79 Å². The molecule has 0 saturated carbocycles. The van der Waals surface area contributed by atoms with Gasteiger partial charge < -0.3 is 14.9 Å². The Bertz CT molecular complexity index is 132. The highest BCUT2D eigenvalue weighted by Gasteiger charge is 2.13. The zero-order valence-corrected chi connectivity index (χ0v) is 8.22. The maximum absolute atomic E-state index is 10.1. The van der Waals surface area contributed by atoms with Crippen LogP contribution in [0.3, 0.4) is 0 Å². The minimum absolute atomic E-state index is 0.250. The third-order valence-electron chi connectivity index (χ3n) is 0.863. The molecule has 0 rings (SSSR count). The first-order chi connectivity index (χ1) is 4.92. The molecule has 0 bridgehead atoms. The van der Waals surface area contributed by atoms with E-state index in [1.807, 2.05) is 0 Å². The first-order valence-electron chi connectivity index (χ1n) is 3.48. The Morgan fingerprint density at radius 2 is 1.91 bits per heavy atom. The van der Waals surface area contributed by atoms with Crippen LogP contribution in [0.15, 0.2) is 0 Å². The number of rotatable bonds is 4. The maximum atomic E-state index is 10.1. The Labute approximate surface area is 67.8 Å².